The maximum Gasteiger partial charge on any atom is 0.226 e. The van der Waals surface area contributed by atoms with E-state index in [-0.39, 0.29) is 84.4 Å². The standard InChI is InChI=1S/C44H75N3O7/c1-15-30(8)41(46(12)44(52)34(27(2)3)25-37(49)40(28(4)5)45(11)29(6)7)38(53-13)26-39(50)47-23-19-22-35(47)43(54-14)32(10)36(48)24-31(9)42(51)33-20-17-16-18-21-33/h16-18,20-21,27-32,34-35,38,40-43,51H,15,19,22-26H2,1-14H3/t30-,31-,32-,34-,35-,38+,40-,41-,42+,43+/m0/s1. The number of nitrogens with zero attached hydrogens (tertiary/aromatic N) is 3. The fourth-order valence-corrected chi connectivity index (χ4v) is 8.53. The van der Waals surface area contributed by atoms with E-state index in [9.17, 15) is 24.3 Å². The molecule has 0 unspecified atom stereocenters. The predicted molar refractivity (Wildman–Crippen MR) is 216 cm³/mol. The molecule has 1 heterocycles. The highest BCUT2D eigenvalue weighted by molar-refractivity contribution is 5.90. The molecular weight excluding hydrogens is 682 g/mol. The predicted octanol–water partition coefficient (Wildman–Crippen LogP) is 6.83. The molecule has 10 atom stereocenters. The highest BCUT2D eigenvalue weighted by atomic mass is 16.5. The molecule has 308 valence electrons. The molecule has 10 heteroatoms. The van der Waals surface area contributed by atoms with Gasteiger partial charge in [-0.05, 0) is 63.0 Å². The topological polar surface area (TPSA) is 117 Å². The van der Waals surface area contributed by atoms with Crippen LogP contribution >= 0.6 is 0 Å². The number of hydrogen-bond donors (Lipinski definition) is 1. The number of aliphatic hydroxyl groups excluding tert-OH is 1. The number of aliphatic hydroxyl groups is 1. The van der Waals surface area contributed by atoms with Crippen molar-refractivity contribution in [3.63, 3.8) is 0 Å². The molecule has 2 rings (SSSR count). The lowest BCUT2D eigenvalue weighted by Crippen LogP contribution is -2.54. The quantitative estimate of drug-likeness (QED) is 0.129. The van der Waals surface area contributed by atoms with Crippen LogP contribution in [0.3, 0.4) is 0 Å². The van der Waals surface area contributed by atoms with Gasteiger partial charge in [-0.3, -0.25) is 24.1 Å². The lowest BCUT2D eigenvalue weighted by Gasteiger charge is -2.41. The minimum atomic E-state index is -0.762. The van der Waals surface area contributed by atoms with Gasteiger partial charge < -0.3 is 24.4 Å². The first-order chi connectivity index (χ1) is 25.3. The molecule has 0 bridgehead atoms. The van der Waals surface area contributed by atoms with Crippen molar-refractivity contribution in [2.75, 3.05) is 34.9 Å². The second-order valence-electron chi connectivity index (χ2n) is 17.1. The summed E-state index contributed by atoms with van der Waals surface area (Å²) in [6.07, 6.45) is 0.832. The Hall–Kier alpha value is -2.66. The van der Waals surface area contributed by atoms with E-state index in [0.717, 1.165) is 18.4 Å². The van der Waals surface area contributed by atoms with Crippen molar-refractivity contribution in [2.45, 2.75) is 150 Å². The van der Waals surface area contributed by atoms with Gasteiger partial charge in [-0.15, -0.1) is 0 Å². The monoisotopic (exact) mass is 758 g/mol. The third-order valence-corrected chi connectivity index (χ3v) is 12.3. The number of methoxy groups -OCH3 is 2. The van der Waals surface area contributed by atoms with E-state index >= 15 is 0 Å². The minimum Gasteiger partial charge on any atom is -0.388 e. The Morgan fingerprint density at radius 1 is 0.833 bits per heavy atom. The number of hydrogen-bond acceptors (Lipinski definition) is 8. The first-order valence-corrected chi connectivity index (χ1v) is 20.5. The first-order valence-electron chi connectivity index (χ1n) is 20.5. The molecule has 54 heavy (non-hydrogen) atoms. The molecule has 0 aromatic heterocycles. The third-order valence-electron chi connectivity index (χ3n) is 12.3. The van der Waals surface area contributed by atoms with E-state index in [1.54, 1.807) is 26.2 Å². The molecule has 2 amide bonds. The van der Waals surface area contributed by atoms with E-state index in [0.29, 0.717) is 13.0 Å². The van der Waals surface area contributed by atoms with Crippen LogP contribution in [0.15, 0.2) is 30.3 Å². The van der Waals surface area contributed by atoms with Crippen LogP contribution in [-0.2, 0) is 28.7 Å². The molecule has 1 N–H and O–H groups in total. The summed E-state index contributed by atoms with van der Waals surface area (Å²) in [5, 5.41) is 10.9. The van der Waals surface area contributed by atoms with Crippen molar-refractivity contribution in [2.24, 2.45) is 35.5 Å². The molecule has 0 spiro atoms. The maximum absolute atomic E-state index is 14.4. The third kappa shape index (κ3) is 12.2. The number of ether oxygens (including phenoxy) is 2. The molecule has 0 saturated carbocycles. The fraction of sp³-hybridized carbons (Fsp3) is 0.773. The molecule has 1 aromatic rings. The molecular formula is C44H75N3O7. The first kappa shape index (κ1) is 47.5. The number of carbonyl (C=O) groups is 4. The number of likely N-dealkylation sites (tertiary alicyclic amines) is 1. The molecule has 10 nitrogen and oxygen atoms in total. The van der Waals surface area contributed by atoms with E-state index in [2.05, 4.69) is 46.4 Å². The normalized spacial score (nSPS) is 20.1. The van der Waals surface area contributed by atoms with Gasteiger partial charge in [-0.2, -0.15) is 0 Å². The summed E-state index contributed by atoms with van der Waals surface area (Å²) in [5.74, 6) is -1.37. The molecule has 0 aliphatic carbocycles. The molecule has 1 aliphatic rings. The van der Waals surface area contributed by atoms with Gasteiger partial charge in [0.2, 0.25) is 11.8 Å². The van der Waals surface area contributed by atoms with Crippen LogP contribution in [0.2, 0.25) is 0 Å². The summed E-state index contributed by atoms with van der Waals surface area (Å²) < 4.78 is 12.0. The number of carbonyl (C=O) groups excluding carboxylic acids is 4. The Morgan fingerprint density at radius 3 is 1.94 bits per heavy atom. The van der Waals surface area contributed by atoms with E-state index in [4.69, 9.17) is 9.47 Å². The Kier molecular flexibility index (Phi) is 19.5. The van der Waals surface area contributed by atoms with Crippen LogP contribution in [-0.4, -0.2) is 114 Å². The molecule has 1 aliphatic heterocycles. The summed E-state index contributed by atoms with van der Waals surface area (Å²) in [6, 6.07) is 8.58. The second-order valence-corrected chi connectivity index (χ2v) is 17.1. The zero-order valence-corrected chi connectivity index (χ0v) is 36.1. The van der Waals surface area contributed by atoms with Crippen LogP contribution < -0.4 is 0 Å². The Balaban J connectivity index is 2.27. The number of benzene rings is 1. The van der Waals surface area contributed by atoms with Gasteiger partial charge >= 0.3 is 0 Å². The number of ketones is 2. The van der Waals surface area contributed by atoms with Gasteiger partial charge in [0.05, 0.1) is 42.9 Å². The van der Waals surface area contributed by atoms with Crippen LogP contribution in [0, 0.1) is 35.5 Å². The molecule has 1 aromatic carbocycles. The van der Waals surface area contributed by atoms with Gasteiger partial charge in [-0.1, -0.05) is 92.1 Å². The van der Waals surface area contributed by atoms with Crippen molar-refractivity contribution in [3.05, 3.63) is 35.9 Å². The minimum absolute atomic E-state index is 0.0101. The van der Waals surface area contributed by atoms with Gasteiger partial charge in [0.15, 0.2) is 5.78 Å². The number of rotatable bonds is 23. The number of likely N-dealkylation sites (N-methyl/N-ethyl adjacent to an activating group) is 2. The zero-order chi connectivity index (χ0) is 41.0. The SMILES string of the molecule is CC[C@H](C)[C@@H]([C@@H](CC(=O)N1CCC[C@H]1[C@H](OC)[C@@H](C)C(=O)C[C@H](C)[C@@H](O)c1ccccc1)OC)N(C)C(=O)[C@@H](CC(=O)[C@H](C(C)C)N(C)C(C)C)C(C)C. The number of amides is 2. The molecule has 0 radical (unpaired) electrons. The van der Waals surface area contributed by atoms with Crippen LogP contribution in [0.4, 0.5) is 0 Å². The largest absolute Gasteiger partial charge is 0.388 e. The van der Waals surface area contributed by atoms with Gasteiger partial charge in [0, 0.05) is 58.5 Å². The highest BCUT2D eigenvalue weighted by Gasteiger charge is 2.43. The van der Waals surface area contributed by atoms with Crippen molar-refractivity contribution in [1.82, 2.24) is 14.7 Å². The van der Waals surface area contributed by atoms with Crippen LogP contribution in [0.25, 0.3) is 0 Å². The summed E-state index contributed by atoms with van der Waals surface area (Å²) >= 11 is 0. The van der Waals surface area contributed by atoms with Crippen LogP contribution in [0.5, 0.6) is 0 Å². The molecule has 1 fully saturated rings. The van der Waals surface area contributed by atoms with Crippen molar-refractivity contribution in [3.8, 4) is 0 Å². The van der Waals surface area contributed by atoms with E-state index in [1.165, 1.54) is 0 Å². The Labute approximate surface area is 327 Å². The average molecular weight is 758 g/mol. The van der Waals surface area contributed by atoms with Crippen LogP contribution in [0.1, 0.15) is 119 Å². The van der Waals surface area contributed by atoms with Gasteiger partial charge in [-0.25, -0.2) is 0 Å². The summed E-state index contributed by atoms with van der Waals surface area (Å²) in [6.45, 7) is 20.7. The van der Waals surface area contributed by atoms with Gasteiger partial charge in [0.1, 0.15) is 5.78 Å². The number of Topliss-reactive ketones (excluding diaryl/α,β-unsaturated/α-hetero) is 2. The van der Waals surface area contributed by atoms with E-state index in [1.807, 2.05) is 70.0 Å². The fourth-order valence-electron chi connectivity index (χ4n) is 8.53. The average Bonchev–Trinajstić information content (AvgIpc) is 3.62. The lowest BCUT2D eigenvalue weighted by molar-refractivity contribution is -0.149. The highest BCUT2D eigenvalue weighted by Crippen LogP contribution is 2.33. The Bertz CT molecular complexity index is 1320. The second kappa shape index (κ2) is 22.2. The lowest BCUT2D eigenvalue weighted by atomic mass is 9.83. The summed E-state index contributed by atoms with van der Waals surface area (Å²) in [7, 11) is 6.95. The Morgan fingerprint density at radius 2 is 1.44 bits per heavy atom. The molecule has 1 saturated heterocycles. The zero-order valence-electron chi connectivity index (χ0n) is 36.1. The maximum atomic E-state index is 14.4. The summed E-state index contributed by atoms with van der Waals surface area (Å²) in [4.78, 5) is 61.8. The van der Waals surface area contributed by atoms with Crippen molar-refractivity contribution in [1.29, 1.82) is 0 Å². The van der Waals surface area contributed by atoms with E-state index < -0.39 is 36.2 Å². The van der Waals surface area contributed by atoms with Crippen molar-refractivity contribution >= 4 is 23.4 Å². The van der Waals surface area contributed by atoms with Crippen molar-refractivity contribution < 1.29 is 33.8 Å². The summed E-state index contributed by atoms with van der Waals surface area (Å²) in [5.41, 5.74) is 0.777. The smallest absolute Gasteiger partial charge is 0.226 e. The van der Waals surface area contributed by atoms with Gasteiger partial charge in [0.25, 0.3) is 0 Å².